The summed E-state index contributed by atoms with van der Waals surface area (Å²) in [5.74, 6) is 0.144. The van der Waals surface area contributed by atoms with Crippen molar-refractivity contribution in [2.45, 2.75) is 19.8 Å². The van der Waals surface area contributed by atoms with Crippen LogP contribution in [0.3, 0.4) is 0 Å². The molecule has 0 aliphatic carbocycles. The van der Waals surface area contributed by atoms with Crippen molar-refractivity contribution in [3.8, 4) is 0 Å². The lowest BCUT2D eigenvalue weighted by Gasteiger charge is -2.17. The van der Waals surface area contributed by atoms with Gasteiger partial charge in [-0.2, -0.15) is 0 Å². The molecule has 1 saturated heterocycles. The summed E-state index contributed by atoms with van der Waals surface area (Å²) in [6.07, 6.45) is 2.54. The predicted molar refractivity (Wildman–Crippen MR) is 65.1 cm³/mol. The van der Waals surface area contributed by atoms with E-state index in [1.54, 1.807) is 6.92 Å². The summed E-state index contributed by atoms with van der Waals surface area (Å²) in [4.78, 5) is 13.5. The van der Waals surface area contributed by atoms with Gasteiger partial charge in [-0.1, -0.05) is 12.1 Å². The second-order valence-electron chi connectivity index (χ2n) is 3.80. The molecule has 15 heavy (non-hydrogen) atoms. The van der Waals surface area contributed by atoms with Gasteiger partial charge in [-0.3, -0.25) is 4.79 Å². The van der Waals surface area contributed by atoms with Crippen molar-refractivity contribution in [2.75, 3.05) is 18.0 Å². The van der Waals surface area contributed by atoms with Crippen LogP contribution in [-0.2, 0) is 0 Å². The van der Waals surface area contributed by atoms with Crippen molar-refractivity contribution < 1.29 is 4.79 Å². The van der Waals surface area contributed by atoms with Crippen molar-refractivity contribution in [3.63, 3.8) is 0 Å². The monoisotopic (exact) mass is 225 g/mol. The van der Waals surface area contributed by atoms with Crippen LogP contribution < -0.4 is 4.90 Å². The molecular formula is C12H16ClNO. The minimum absolute atomic E-state index is 0. The zero-order chi connectivity index (χ0) is 9.97. The van der Waals surface area contributed by atoms with Gasteiger partial charge in [0.1, 0.15) is 0 Å². The molecule has 2 rings (SSSR count). The Morgan fingerprint density at radius 1 is 1.27 bits per heavy atom. The highest BCUT2D eigenvalue weighted by molar-refractivity contribution is 5.94. The standard InChI is InChI=1S/C12H15NO.ClH/c1-10(14)11-5-4-6-12(9-11)13-7-2-3-8-13;/h4-6,9H,2-3,7-8H2,1H3;1H. The maximum atomic E-state index is 11.2. The minimum atomic E-state index is 0. The van der Waals surface area contributed by atoms with E-state index in [0.717, 1.165) is 18.7 Å². The molecule has 82 valence electrons. The lowest BCUT2D eigenvalue weighted by atomic mass is 10.1. The number of carbonyl (C=O) groups is 1. The number of Topliss-reactive ketones (excluding diaryl/α,β-unsaturated/α-hetero) is 1. The molecular weight excluding hydrogens is 210 g/mol. The van der Waals surface area contributed by atoms with Crippen LogP contribution in [-0.4, -0.2) is 18.9 Å². The first-order chi connectivity index (χ1) is 6.77. The second kappa shape index (κ2) is 5.17. The third-order valence-corrected chi connectivity index (χ3v) is 2.72. The molecule has 0 aromatic heterocycles. The first-order valence-electron chi connectivity index (χ1n) is 5.13. The number of halogens is 1. The molecule has 1 fully saturated rings. The number of hydrogen-bond acceptors (Lipinski definition) is 2. The first-order valence-corrected chi connectivity index (χ1v) is 5.13. The Labute approximate surface area is 96.7 Å². The van der Waals surface area contributed by atoms with E-state index in [1.807, 2.05) is 18.2 Å². The van der Waals surface area contributed by atoms with Crippen LogP contribution in [0.5, 0.6) is 0 Å². The third-order valence-electron chi connectivity index (χ3n) is 2.72. The number of rotatable bonds is 2. The highest BCUT2D eigenvalue weighted by atomic mass is 35.5. The van der Waals surface area contributed by atoms with E-state index in [9.17, 15) is 4.79 Å². The Bertz CT molecular complexity index is 345. The fraction of sp³-hybridized carbons (Fsp3) is 0.417. The second-order valence-corrected chi connectivity index (χ2v) is 3.80. The molecule has 1 heterocycles. The molecule has 1 aromatic carbocycles. The number of benzene rings is 1. The van der Waals surface area contributed by atoms with Crippen molar-refractivity contribution in [2.24, 2.45) is 0 Å². The quantitative estimate of drug-likeness (QED) is 0.722. The third kappa shape index (κ3) is 2.72. The Hall–Kier alpha value is -1.02. The SMILES string of the molecule is CC(=O)c1cccc(N2CCCC2)c1.Cl. The van der Waals surface area contributed by atoms with Crippen LogP contribution in [0.25, 0.3) is 0 Å². The number of anilines is 1. The van der Waals surface area contributed by atoms with Gasteiger partial charge in [0.25, 0.3) is 0 Å². The fourth-order valence-corrected chi connectivity index (χ4v) is 1.90. The van der Waals surface area contributed by atoms with E-state index in [4.69, 9.17) is 0 Å². The summed E-state index contributed by atoms with van der Waals surface area (Å²) in [7, 11) is 0. The van der Waals surface area contributed by atoms with Gasteiger partial charge in [0.2, 0.25) is 0 Å². The molecule has 3 heteroatoms. The van der Waals surface area contributed by atoms with Crippen LogP contribution in [0.15, 0.2) is 24.3 Å². The van der Waals surface area contributed by atoms with Gasteiger partial charge < -0.3 is 4.90 Å². The average molecular weight is 226 g/mol. The fourth-order valence-electron chi connectivity index (χ4n) is 1.90. The number of hydrogen-bond donors (Lipinski definition) is 0. The number of nitrogens with zero attached hydrogens (tertiary/aromatic N) is 1. The molecule has 1 aliphatic heterocycles. The van der Waals surface area contributed by atoms with Crippen molar-refractivity contribution in [1.29, 1.82) is 0 Å². The Kier molecular flexibility index (Phi) is 4.15. The lowest BCUT2D eigenvalue weighted by Crippen LogP contribution is -2.17. The first kappa shape index (κ1) is 12.1. The lowest BCUT2D eigenvalue weighted by molar-refractivity contribution is 0.101. The van der Waals surface area contributed by atoms with Crippen LogP contribution in [0, 0.1) is 0 Å². The van der Waals surface area contributed by atoms with Crippen LogP contribution in [0.1, 0.15) is 30.1 Å². The number of ketones is 1. The van der Waals surface area contributed by atoms with E-state index in [2.05, 4.69) is 11.0 Å². The molecule has 0 atom stereocenters. The Balaban J connectivity index is 0.00000112. The summed E-state index contributed by atoms with van der Waals surface area (Å²) in [5.41, 5.74) is 2.00. The zero-order valence-electron chi connectivity index (χ0n) is 8.90. The molecule has 0 N–H and O–H groups in total. The van der Waals surface area contributed by atoms with Gasteiger partial charge in [0, 0.05) is 24.3 Å². The molecule has 1 aromatic rings. The van der Waals surface area contributed by atoms with E-state index in [0.29, 0.717) is 0 Å². The topological polar surface area (TPSA) is 20.3 Å². The van der Waals surface area contributed by atoms with E-state index in [-0.39, 0.29) is 18.2 Å². The van der Waals surface area contributed by atoms with Gasteiger partial charge >= 0.3 is 0 Å². The molecule has 0 bridgehead atoms. The molecule has 0 unspecified atom stereocenters. The summed E-state index contributed by atoms with van der Waals surface area (Å²) < 4.78 is 0. The largest absolute Gasteiger partial charge is 0.372 e. The van der Waals surface area contributed by atoms with E-state index in [1.165, 1.54) is 18.5 Å². The van der Waals surface area contributed by atoms with Crippen LogP contribution in [0.2, 0.25) is 0 Å². The molecule has 0 amide bonds. The Morgan fingerprint density at radius 2 is 1.93 bits per heavy atom. The maximum Gasteiger partial charge on any atom is 0.159 e. The normalized spacial score (nSPS) is 14.9. The molecule has 0 radical (unpaired) electrons. The summed E-state index contributed by atoms with van der Waals surface area (Å²) in [6, 6.07) is 7.91. The van der Waals surface area contributed by atoms with Crippen molar-refractivity contribution in [1.82, 2.24) is 0 Å². The predicted octanol–water partition coefficient (Wildman–Crippen LogP) is 2.91. The summed E-state index contributed by atoms with van der Waals surface area (Å²) >= 11 is 0. The molecule has 0 spiro atoms. The highest BCUT2D eigenvalue weighted by Crippen LogP contribution is 2.21. The van der Waals surface area contributed by atoms with E-state index < -0.39 is 0 Å². The van der Waals surface area contributed by atoms with Gasteiger partial charge in [-0.25, -0.2) is 0 Å². The minimum Gasteiger partial charge on any atom is -0.372 e. The molecule has 2 nitrogen and oxygen atoms in total. The van der Waals surface area contributed by atoms with Crippen LogP contribution >= 0.6 is 12.4 Å². The molecule has 1 aliphatic rings. The average Bonchev–Trinajstić information content (AvgIpc) is 2.71. The summed E-state index contributed by atoms with van der Waals surface area (Å²) in [5, 5.41) is 0. The smallest absolute Gasteiger partial charge is 0.159 e. The Morgan fingerprint density at radius 3 is 2.53 bits per heavy atom. The summed E-state index contributed by atoms with van der Waals surface area (Å²) in [6.45, 7) is 3.87. The van der Waals surface area contributed by atoms with Gasteiger partial charge in [-0.05, 0) is 31.9 Å². The van der Waals surface area contributed by atoms with Crippen molar-refractivity contribution in [3.05, 3.63) is 29.8 Å². The molecule has 0 saturated carbocycles. The van der Waals surface area contributed by atoms with Gasteiger partial charge in [0.05, 0.1) is 0 Å². The van der Waals surface area contributed by atoms with E-state index >= 15 is 0 Å². The van der Waals surface area contributed by atoms with Crippen LogP contribution in [0.4, 0.5) is 5.69 Å². The maximum absolute atomic E-state index is 11.2. The highest BCUT2D eigenvalue weighted by Gasteiger charge is 2.12. The van der Waals surface area contributed by atoms with Crippen molar-refractivity contribution >= 4 is 23.9 Å². The van der Waals surface area contributed by atoms with Gasteiger partial charge in [0.15, 0.2) is 5.78 Å². The number of carbonyl (C=O) groups excluding carboxylic acids is 1. The zero-order valence-corrected chi connectivity index (χ0v) is 9.72. The van der Waals surface area contributed by atoms with Gasteiger partial charge in [-0.15, -0.1) is 12.4 Å².